The van der Waals surface area contributed by atoms with Crippen molar-refractivity contribution in [3.05, 3.63) is 69.2 Å². The van der Waals surface area contributed by atoms with E-state index in [0.717, 1.165) is 22.5 Å². The van der Waals surface area contributed by atoms with E-state index in [0.29, 0.717) is 16.1 Å². The molecular formula is C18H12ClF3N6OS. The molecule has 4 aromatic rings. The number of benzene rings is 2. The topological polar surface area (TPSA) is 78.5 Å². The van der Waals surface area contributed by atoms with E-state index in [9.17, 15) is 18.0 Å². The Balaban J connectivity index is 1.69. The molecule has 0 bridgehead atoms. The smallest absolute Gasteiger partial charge is 0.290 e. The summed E-state index contributed by atoms with van der Waals surface area (Å²) in [6.07, 6.45) is -4.64. The summed E-state index contributed by atoms with van der Waals surface area (Å²) >= 11 is 6.88. The van der Waals surface area contributed by atoms with Crippen molar-refractivity contribution in [2.45, 2.75) is 17.1 Å². The van der Waals surface area contributed by atoms with Gasteiger partial charge in [0.25, 0.3) is 5.56 Å². The first kappa shape index (κ1) is 20.4. The van der Waals surface area contributed by atoms with Gasteiger partial charge in [0.1, 0.15) is 0 Å². The number of nitrogens with zero attached hydrogens (tertiary/aromatic N) is 6. The van der Waals surface area contributed by atoms with Crippen molar-refractivity contribution in [3.8, 4) is 5.69 Å². The van der Waals surface area contributed by atoms with Gasteiger partial charge >= 0.3 is 6.18 Å². The fourth-order valence-corrected chi connectivity index (χ4v) is 3.91. The van der Waals surface area contributed by atoms with Crippen LogP contribution in [0.2, 0.25) is 5.02 Å². The van der Waals surface area contributed by atoms with Gasteiger partial charge in [0.05, 0.1) is 27.9 Å². The molecule has 12 heteroatoms. The van der Waals surface area contributed by atoms with Crippen molar-refractivity contribution in [2.75, 3.05) is 0 Å². The molecule has 7 nitrogen and oxygen atoms in total. The Morgan fingerprint density at radius 1 is 1.17 bits per heavy atom. The Kier molecular flexibility index (Phi) is 5.24. The van der Waals surface area contributed by atoms with Crippen LogP contribution < -0.4 is 5.56 Å². The minimum absolute atomic E-state index is 0.0505. The Hall–Kier alpha value is -2.92. The number of halogens is 4. The quantitative estimate of drug-likeness (QED) is 0.345. The van der Waals surface area contributed by atoms with E-state index in [1.54, 1.807) is 31.3 Å². The van der Waals surface area contributed by atoms with Crippen LogP contribution >= 0.6 is 23.4 Å². The van der Waals surface area contributed by atoms with Crippen LogP contribution in [0.3, 0.4) is 0 Å². The molecule has 0 N–H and O–H groups in total. The first-order valence-electron chi connectivity index (χ1n) is 8.48. The molecule has 154 valence electrons. The summed E-state index contributed by atoms with van der Waals surface area (Å²) in [5, 5.41) is 11.9. The molecule has 0 aliphatic carbocycles. The van der Waals surface area contributed by atoms with Crippen LogP contribution in [-0.4, -0.2) is 29.8 Å². The van der Waals surface area contributed by atoms with Gasteiger partial charge in [-0.15, -0.1) is 5.10 Å². The number of tetrazole rings is 1. The van der Waals surface area contributed by atoms with E-state index in [4.69, 9.17) is 11.6 Å². The lowest BCUT2D eigenvalue weighted by molar-refractivity contribution is -0.137. The van der Waals surface area contributed by atoms with Gasteiger partial charge in [0.2, 0.25) is 0 Å². The molecule has 0 saturated carbocycles. The Morgan fingerprint density at radius 2 is 1.93 bits per heavy atom. The fourth-order valence-electron chi connectivity index (χ4n) is 2.86. The van der Waals surface area contributed by atoms with Gasteiger partial charge in [-0.3, -0.25) is 9.36 Å². The zero-order chi connectivity index (χ0) is 21.5. The predicted octanol–water partition coefficient (Wildman–Crippen LogP) is 3.87. The highest BCUT2D eigenvalue weighted by Gasteiger charge is 2.35. The lowest BCUT2D eigenvalue weighted by atomic mass is 10.1. The zero-order valence-corrected chi connectivity index (χ0v) is 16.8. The van der Waals surface area contributed by atoms with E-state index in [-0.39, 0.29) is 27.8 Å². The van der Waals surface area contributed by atoms with E-state index in [1.165, 1.54) is 16.7 Å². The summed E-state index contributed by atoms with van der Waals surface area (Å²) < 4.78 is 42.7. The van der Waals surface area contributed by atoms with Crippen LogP contribution in [-0.2, 0) is 19.0 Å². The first-order valence-corrected chi connectivity index (χ1v) is 9.85. The molecule has 0 aliphatic rings. The third-order valence-electron chi connectivity index (χ3n) is 4.30. The molecule has 2 aromatic carbocycles. The van der Waals surface area contributed by atoms with Crippen LogP contribution in [0.4, 0.5) is 13.2 Å². The molecule has 0 unspecified atom stereocenters. The van der Waals surface area contributed by atoms with Crippen LogP contribution in [0.5, 0.6) is 0 Å². The largest absolute Gasteiger partial charge is 0.418 e. The van der Waals surface area contributed by atoms with E-state index in [1.807, 2.05) is 0 Å². The Labute approximate surface area is 176 Å². The second-order valence-corrected chi connectivity index (χ2v) is 7.61. The van der Waals surface area contributed by atoms with Crippen molar-refractivity contribution >= 4 is 34.3 Å². The standard InChI is InChI=1S/C18H12ClF3N6OS/c1-27-16(29)11-4-2-3-5-13(11)23-17(27)30-9-15-24-25-26-28(15)14-7-6-10(19)8-12(14)18(20,21)22/h2-8H,9H2,1H3. The maximum atomic E-state index is 13.5. The first-order chi connectivity index (χ1) is 14.3. The third kappa shape index (κ3) is 3.77. The van der Waals surface area contributed by atoms with Crippen LogP contribution in [0, 0.1) is 0 Å². The van der Waals surface area contributed by atoms with Crippen molar-refractivity contribution in [1.29, 1.82) is 0 Å². The number of aromatic nitrogens is 6. The van der Waals surface area contributed by atoms with Crippen molar-refractivity contribution in [3.63, 3.8) is 0 Å². The van der Waals surface area contributed by atoms with E-state index >= 15 is 0 Å². The number of hydrogen-bond donors (Lipinski definition) is 0. The molecular weight excluding hydrogens is 441 g/mol. The summed E-state index contributed by atoms with van der Waals surface area (Å²) in [5.74, 6) is 0.251. The predicted molar refractivity (Wildman–Crippen MR) is 106 cm³/mol. The Bertz CT molecular complexity index is 1300. The molecule has 0 atom stereocenters. The number of alkyl halides is 3. The fraction of sp³-hybridized carbons (Fsp3) is 0.167. The van der Waals surface area contributed by atoms with Crippen molar-refractivity contribution in [1.82, 2.24) is 29.8 Å². The molecule has 0 spiro atoms. The monoisotopic (exact) mass is 452 g/mol. The molecule has 0 amide bonds. The van der Waals surface area contributed by atoms with Crippen LogP contribution in [0.15, 0.2) is 52.4 Å². The van der Waals surface area contributed by atoms with Crippen LogP contribution in [0.1, 0.15) is 11.4 Å². The highest BCUT2D eigenvalue weighted by atomic mass is 35.5. The third-order valence-corrected chi connectivity index (χ3v) is 5.56. The molecule has 4 rings (SSSR count). The van der Waals surface area contributed by atoms with Crippen molar-refractivity contribution in [2.24, 2.45) is 7.05 Å². The summed E-state index contributed by atoms with van der Waals surface area (Å²) in [4.78, 5) is 17.0. The van der Waals surface area contributed by atoms with Gasteiger partial charge in [-0.05, 0) is 40.8 Å². The highest BCUT2D eigenvalue weighted by molar-refractivity contribution is 7.98. The Morgan fingerprint density at radius 3 is 2.70 bits per heavy atom. The molecule has 2 aromatic heterocycles. The number of para-hydroxylation sites is 1. The number of fused-ring (bicyclic) bond motifs is 1. The lowest BCUT2D eigenvalue weighted by Crippen LogP contribution is -2.20. The summed E-state index contributed by atoms with van der Waals surface area (Å²) in [7, 11) is 1.58. The molecule has 0 radical (unpaired) electrons. The number of thioether (sulfide) groups is 1. The lowest BCUT2D eigenvalue weighted by Gasteiger charge is -2.14. The minimum atomic E-state index is -4.64. The molecule has 2 heterocycles. The van der Waals surface area contributed by atoms with Gasteiger partial charge in [-0.1, -0.05) is 35.5 Å². The maximum absolute atomic E-state index is 13.5. The normalized spacial score (nSPS) is 11.9. The van der Waals surface area contributed by atoms with Gasteiger partial charge < -0.3 is 0 Å². The molecule has 0 saturated heterocycles. The van der Waals surface area contributed by atoms with Gasteiger partial charge in [-0.2, -0.15) is 17.9 Å². The average Bonchev–Trinajstić information content (AvgIpc) is 3.17. The second kappa shape index (κ2) is 7.73. The molecule has 30 heavy (non-hydrogen) atoms. The van der Waals surface area contributed by atoms with Gasteiger partial charge in [0.15, 0.2) is 11.0 Å². The van der Waals surface area contributed by atoms with Gasteiger partial charge in [0, 0.05) is 12.1 Å². The zero-order valence-electron chi connectivity index (χ0n) is 15.3. The number of hydrogen-bond acceptors (Lipinski definition) is 6. The van der Waals surface area contributed by atoms with E-state index < -0.39 is 11.7 Å². The average molecular weight is 453 g/mol. The van der Waals surface area contributed by atoms with Crippen molar-refractivity contribution < 1.29 is 13.2 Å². The highest BCUT2D eigenvalue weighted by Crippen LogP contribution is 2.36. The van der Waals surface area contributed by atoms with E-state index in [2.05, 4.69) is 20.5 Å². The SMILES string of the molecule is Cn1c(SCc2nnnn2-c2ccc(Cl)cc2C(F)(F)F)nc2ccccc2c1=O. The second-order valence-electron chi connectivity index (χ2n) is 6.23. The van der Waals surface area contributed by atoms with Gasteiger partial charge in [-0.25, -0.2) is 4.98 Å². The summed E-state index contributed by atoms with van der Waals surface area (Å²) in [6.45, 7) is 0. The minimum Gasteiger partial charge on any atom is -0.290 e. The van der Waals surface area contributed by atoms with Crippen LogP contribution in [0.25, 0.3) is 16.6 Å². The number of rotatable bonds is 4. The summed E-state index contributed by atoms with van der Waals surface area (Å²) in [6, 6.07) is 10.3. The summed E-state index contributed by atoms with van der Waals surface area (Å²) in [5.41, 5.74) is -0.892. The molecule has 0 fully saturated rings. The molecule has 0 aliphatic heterocycles. The maximum Gasteiger partial charge on any atom is 0.418 e.